The molecule has 0 atom stereocenters. The Bertz CT molecular complexity index is 108. The second-order valence-corrected chi connectivity index (χ2v) is 3.84. The molecule has 78 valence electrons. The molecule has 0 aliphatic carbocycles. The van der Waals surface area contributed by atoms with Gasteiger partial charge in [0.25, 0.3) is 0 Å². The minimum absolute atomic E-state index is 0.663. The Balaban J connectivity index is 2.87. The number of hydrogen-bond acceptors (Lipinski definition) is 0. The van der Waals surface area contributed by atoms with Gasteiger partial charge in [0.05, 0.1) is 0 Å². The second kappa shape index (κ2) is 12.0. The summed E-state index contributed by atoms with van der Waals surface area (Å²) in [6.45, 7) is 2.26. The molecule has 0 bridgehead atoms. The van der Waals surface area contributed by atoms with Crippen LogP contribution >= 0.6 is 11.6 Å². The molecule has 0 heterocycles. The van der Waals surface area contributed by atoms with Gasteiger partial charge in [-0.1, -0.05) is 57.6 Å². The average Bonchev–Trinajstić information content (AvgIpc) is 2.16. The van der Waals surface area contributed by atoms with Crippen LogP contribution in [-0.4, -0.2) is 5.88 Å². The second-order valence-electron chi connectivity index (χ2n) is 3.54. The number of hydrogen-bond donors (Lipinski definition) is 0. The van der Waals surface area contributed by atoms with Crippen LogP contribution in [0.5, 0.6) is 0 Å². The molecular weight excluding hydrogens is 180 g/mol. The summed E-state index contributed by atoms with van der Waals surface area (Å²) in [4.78, 5) is 0. The van der Waals surface area contributed by atoms with Crippen molar-refractivity contribution in [2.75, 3.05) is 5.88 Å². The molecule has 0 rings (SSSR count). The molecule has 0 amide bonds. The lowest BCUT2D eigenvalue weighted by atomic mass is 10.1. The third-order valence-electron chi connectivity index (χ3n) is 2.23. The van der Waals surface area contributed by atoms with Crippen molar-refractivity contribution in [2.45, 2.75) is 58.3 Å². The quantitative estimate of drug-likeness (QED) is 0.283. The summed E-state index contributed by atoms with van der Waals surface area (Å²) in [5, 5.41) is 0. The van der Waals surface area contributed by atoms with Gasteiger partial charge in [-0.25, -0.2) is 0 Å². The van der Waals surface area contributed by atoms with Crippen molar-refractivity contribution in [1.82, 2.24) is 0 Å². The van der Waals surface area contributed by atoms with E-state index in [4.69, 9.17) is 11.6 Å². The van der Waals surface area contributed by atoms with Gasteiger partial charge >= 0.3 is 0 Å². The molecular formula is C12H23Cl. The van der Waals surface area contributed by atoms with Crippen LogP contribution < -0.4 is 0 Å². The van der Waals surface area contributed by atoms with Crippen LogP contribution in [0.25, 0.3) is 0 Å². The molecule has 13 heavy (non-hydrogen) atoms. The fourth-order valence-electron chi connectivity index (χ4n) is 1.40. The number of alkyl halides is 1. The summed E-state index contributed by atoms with van der Waals surface area (Å²) in [7, 11) is 0. The van der Waals surface area contributed by atoms with Crippen LogP contribution in [0.4, 0.5) is 0 Å². The smallest absolute Gasteiger partial charge is 0.0404 e. The summed E-state index contributed by atoms with van der Waals surface area (Å²) >= 11 is 5.51. The zero-order valence-electron chi connectivity index (χ0n) is 8.90. The normalized spacial score (nSPS) is 11.2. The molecule has 0 aromatic rings. The SMILES string of the molecule is CCCCCCCCCC=CCCl. The van der Waals surface area contributed by atoms with Crippen molar-refractivity contribution in [3.05, 3.63) is 12.2 Å². The van der Waals surface area contributed by atoms with Crippen molar-refractivity contribution >= 4 is 11.6 Å². The first-order valence-corrected chi connectivity index (χ1v) is 6.16. The zero-order valence-corrected chi connectivity index (χ0v) is 9.65. The molecule has 0 aliphatic heterocycles. The van der Waals surface area contributed by atoms with E-state index in [0.29, 0.717) is 5.88 Å². The third kappa shape index (κ3) is 12.0. The lowest BCUT2D eigenvalue weighted by Crippen LogP contribution is -1.78. The summed E-state index contributed by atoms with van der Waals surface area (Å²) in [5.74, 6) is 0.663. The highest BCUT2D eigenvalue weighted by molar-refractivity contribution is 6.18. The molecule has 0 spiro atoms. The van der Waals surface area contributed by atoms with Gasteiger partial charge in [0.15, 0.2) is 0 Å². The lowest BCUT2D eigenvalue weighted by Gasteiger charge is -1.98. The van der Waals surface area contributed by atoms with Gasteiger partial charge in [-0.05, 0) is 12.8 Å². The monoisotopic (exact) mass is 202 g/mol. The van der Waals surface area contributed by atoms with Crippen LogP contribution in [0.3, 0.4) is 0 Å². The first-order chi connectivity index (χ1) is 6.41. The Morgan fingerprint density at radius 2 is 1.46 bits per heavy atom. The standard InChI is InChI=1S/C12H23Cl/c1-2-3-4-5-6-7-8-9-10-11-12-13/h10-11H,2-9,12H2,1H3. The van der Waals surface area contributed by atoms with Crippen molar-refractivity contribution in [3.63, 3.8) is 0 Å². The largest absolute Gasteiger partial charge is 0.122 e. The van der Waals surface area contributed by atoms with E-state index in [1.54, 1.807) is 0 Å². The molecule has 0 fully saturated rings. The Labute approximate surface area is 88.4 Å². The Kier molecular flexibility index (Phi) is 12.1. The lowest BCUT2D eigenvalue weighted by molar-refractivity contribution is 0.592. The molecule has 0 saturated heterocycles. The van der Waals surface area contributed by atoms with Crippen LogP contribution in [0.15, 0.2) is 12.2 Å². The summed E-state index contributed by atoms with van der Waals surface area (Å²) < 4.78 is 0. The average molecular weight is 203 g/mol. The number of rotatable bonds is 9. The van der Waals surface area contributed by atoms with Crippen molar-refractivity contribution in [2.24, 2.45) is 0 Å². The topological polar surface area (TPSA) is 0 Å². The summed E-state index contributed by atoms with van der Waals surface area (Å²) in [6, 6.07) is 0. The molecule has 0 radical (unpaired) electrons. The minimum atomic E-state index is 0.663. The van der Waals surface area contributed by atoms with Crippen molar-refractivity contribution < 1.29 is 0 Å². The van der Waals surface area contributed by atoms with E-state index < -0.39 is 0 Å². The van der Waals surface area contributed by atoms with E-state index in [9.17, 15) is 0 Å². The van der Waals surface area contributed by atoms with E-state index in [1.807, 2.05) is 6.08 Å². The molecule has 0 saturated carbocycles. The van der Waals surface area contributed by atoms with Gasteiger partial charge in [-0.2, -0.15) is 0 Å². The molecule has 0 nitrogen and oxygen atoms in total. The third-order valence-corrected chi connectivity index (χ3v) is 2.41. The number of unbranched alkanes of at least 4 members (excludes halogenated alkanes) is 7. The molecule has 0 aromatic carbocycles. The number of halogens is 1. The molecule has 1 heteroatoms. The van der Waals surface area contributed by atoms with E-state index in [0.717, 1.165) is 0 Å². The van der Waals surface area contributed by atoms with Crippen LogP contribution in [0, 0.1) is 0 Å². The predicted octanol–water partition coefficient (Wildman–Crippen LogP) is 4.92. The van der Waals surface area contributed by atoms with Crippen LogP contribution in [0.1, 0.15) is 58.3 Å². The van der Waals surface area contributed by atoms with Gasteiger partial charge in [-0.3, -0.25) is 0 Å². The van der Waals surface area contributed by atoms with E-state index in [2.05, 4.69) is 13.0 Å². The molecule has 0 unspecified atom stereocenters. The van der Waals surface area contributed by atoms with Gasteiger partial charge in [0.1, 0.15) is 0 Å². The maximum Gasteiger partial charge on any atom is 0.0404 e. The Morgan fingerprint density at radius 3 is 2.08 bits per heavy atom. The fourth-order valence-corrected chi connectivity index (χ4v) is 1.53. The van der Waals surface area contributed by atoms with Crippen molar-refractivity contribution in [1.29, 1.82) is 0 Å². The maximum absolute atomic E-state index is 5.51. The predicted molar refractivity (Wildman–Crippen MR) is 62.5 cm³/mol. The van der Waals surface area contributed by atoms with Crippen LogP contribution in [-0.2, 0) is 0 Å². The highest BCUT2D eigenvalue weighted by atomic mass is 35.5. The zero-order chi connectivity index (χ0) is 9.78. The van der Waals surface area contributed by atoms with Gasteiger partial charge in [0, 0.05) is 5.88 Å². The van der Waals surface area contributed by atoms with Gasteiger partial charge in [0.2, 0.25) is 0 Å². The molecule has 0 N–H and O–H groups in total. The first kappa shape index (κ1) is 13.0. The number of allylic oxidation sites excluding steroid dienone is 2. The Hall–Kier alpha value is 0.0300. The molecule has 0 aliphatic rings. The van der Waals surface area contributed by atoms with E-state index in [1.165, 1.54) is 51.4 Å². The van der Waals surface area contributed by atoms with Crippen molar-refractivity contribution in [3.8, 4) is 0 Å². The minimum Gasteiger partial charge on any atom is -0.122 e. The fraction of sp³-hybridized carbons (Fsp3) is 0.833. The van der Waals surface area contributed by atoms with E-state index >= 15 is 0 Å². The highest BCUT2D eigenvalue weighted by Gasteiger charge is 1.88. The highest BCUT2D eigenvalue weighted by Crippen LogP contribution is 2.08. The summed E-state index contributed by atoms with van der Waals surface area (Å²) in [6.07, 6.45) is 15.2. The molecule has 0 aromatic heterocycles. The maximum atomic E-state index is 5.51. The van der Waals surface area contributed by atoms with Gasteiger partial charge in [-0.15, -0.1) is 11.6 Å². The van der Waals surface area contributed by atoms with Crippen LogP contribution in [0.2, 0.25) is 0 Å². The summed E-state index contributed by atoms with van der Waals surface area (Å²) in [5.41, 5.74) is 0. The Morgan fingerprint density at radius 1 is 0.846 bits per heavy atom. The first-order valence-electron chi connectivity index (χ1n) is 5.62. The van der Waals surface area contributed by atoms with E-state index in [-0.39, 0.29) is 0 Å². The van der Waals surface area contributed by atoms with Gasteiger partial charge < -0.3 is 0 Å².